The van der Waals surface area contributed by atoms with Crippen molar-refractivity contribution in [3.8, 4) is 11.5 Å². The van der Waals surface area contributed by atoms with Gasteiger partial charge in [-0.2, -0.15) is 5.10 Å². The molecule has 0 aliphatic carbocycles. The zero-order valence-electron chi connectivity index (χ0n) is 19.2. The fourth-order valence-electron chi connectivity index (χ4n) is 3.79. The number of aryl methyl sites for hydroxylation is 1. The lowest BCUT2D eigenvalue weighted by atomic mass is 9.93. The molecule has 3 rings (SSSR count). The van der Waals surface area contributed by atoms with E-state index in [-0.39, 0.29) is 35.9 Å². The van der Waals surface area contributed by atoms with E-state index in [9.17, 15) is 20.1 Å². The van der Waals surface area contributed by atoms with Crippen LogP contribution in [0.25, 0.3) is 0 Å². The number of phenolic OH excluding ortho intramolecular Hbond substituents is 2. The highest BCUT2D eigenvalue weighted by atomic mass is 16.3. The number of carbonyl (C=O) groups excluding carboxylic acids is 1. The second-order valence-electron chi connectivity index (χ2n) is 8.82. The summed E-state index contributed by atoms with van der Waals surface area (Å²) in [4.78, 5) is 12.5. The molecule has 1 unspecified atom stereocenters. The number of anilines is 1. The number of aromatic nitrogens is 2. The van der Waals surface area contributed by atoms with Gasteiger partial charge in [-0.15, -0.1) is 0 Å². The standard InChI is InChI=1S/C25H32N4O4/c1-4-29-23(8-9-27-29)28-24(33)11-17-6-5-7-18(10-17)15-25(2,3)26-16-22(32)19-12-20(30)14-21(31)13-19/h5-10,12-14,22,26,30-32H,4,11,15-16H2,1-3H3,(H,28,33). The van der Waals surface area contributed by atoms with E-state index in [4.69, 9.17) is 0 Å². The summed E-state index contributed by atoms with van der Waals surface area (Å²) in [5.74, 6) is 0.395. The molecule has 0 bridgehead atoms. The van der Waals surface area contributed by atoms with E-state index in [0.29, 0.717) is 24.3 Å². The van der Waals surface area contributed by atoms with Crippen molar-refractivity contribution in [1.29, 1.82) is 0 Å². The van der Waals surface area contributed by atoms with Gasteiger partial charge < -0.3 is 26.0 Å². The van der Waals surface area contributed by atoms with Crippen molar-refractivity contribution >= 4 is 11.7 Å². The van der Waals surface area contributed by atoms with Gasteiger partial charge in [0.1, 0.15) is 17.3 Å². The number of phenols is 2. The van der Waals surface area contributed by atoms with Crippen molar-refractivity contribution in [2.75, 3.05) is 11.9 Å². The van der Waals surface area contributed by atoms with Crippen LogP contribution in [0.2, 0.25) is 0 Å². The molecule has 1 amide bonds. The maximum absolute atomic E-state index is 12.5. The lowest BCUT2D eigenvalue weighted by Gasteiger charge is -2.28. The monoisotopic (exact) mass is 452 g/mol. The van der Waals surface area contributed by atoms with Crippen LogP contribution in [0.1, 0.15) is 43.6 Å². The first-order chi connectivity index (χ1) is 15.6. The van der Waals surface area contributed by atoms with Crippen molar-refractivity contribution in [3.63, 3.8) is 0 Å². The molecule has 5 N–H and O–H groups in total. The van der Waals surface area contributed by atoms with Crippen molar-refractivity contribution in [1.82, 2.24) is 15.1 Å². The van der Waals surface area contributed by atoms with E-state index in [2.05, 4.69) is 15.7 Å². The zero-order chi connectivity index (χ0) is 24.0. The molecule has 1 atom stereocenters. The Morgan fingerprint density at radius 3 is 2.48 bits per heavy atom. The second kappa shape index (κ2) is 10.5. The number of aromatic hydroxyl groups is 2. The number of nitrogens with zero attached hydrogens (tertiary/aromatic N) is 2. The van der Waals surface area contributed by atoms with Gasteiger partial charge in [-0.25, -0.2) is 4.68 Å². The molecule has 1 heterocycles. The Kier molecular flexibility index (Phi) is 7.73. The summed E-state index contributed by atoms with van der Waals surface area (Å²) < 4.78 is 1.73. The minimum absolute atomic E-state index is 0.0942. The summed E-state index contributed by atoms with van der Waals surface area (Å²) in [6.45, 7) is 6.97. The van der Waals surface area contributed by atoms with E-state index in [0.717, 1.165) is 11.1 Å². The Bertz CT molecular complexity index is 1070. The zero-order valence-corrected chi connectivity index (χ0v) is 19.2. The van der Waals surface area contributed by atoms with E-state index in [1.807, 2.05) is 45.0 Å². The van der Waals surface area contributed by atoms with Crippen LogP contribution in [0.5, 0.6) is 11.5 Å². The molecular formula is C25H32N4O4. The lowest BCUT2D eigenvalue weighted by Crippen LogP contribution is -2.43. The van der Waals surface area contributed by atoms with Crippen molar-refractivity contribution in [2.45, 2.75) is 51.8 Å². The van der Waals surface area contributed by atoms with Crippen molar-refractivity contribution in [3.05, 3.63) is 71.4 Å². The molecule has 2 aromatic carbocycles. The molecule has 0 aliphatic rings. The first-order valence-corrected chi connectivity index (χ1v) is 11.0. The molecule has 8 heteroatoms. The van der Waals surface area contributed by atoms with E-state index in [1.165, 1.54) is 18.2 Å². The number of hydrogen-bond acceptors (Lipinski definition) is 6. The van der Waals surface area contributed by atoms with Gasteiger partial charge in [0, 0.05) is 30.8 Å². The van der Waals surface area contributed by atoms with Gasteiger partial charge in [-0.3, -0.25) is 4.79 Å². The molecule has 0 radical (unpaired) electrons. The van der Waals surface area contributed by atoms with Crippen LogP contribution >= 0.6 is 0 Å². The van der Waals surface area contributed by atoms with Crippen LogP contribution in [0.15, 0.2) is 54.7 Å². The molecule has 0 spiro atoms. The summed E-state index contributed by atoms with van der Waals surface area (Å²) in [6, 6.07) is 13.8. The molecule has 0 aliphatic heterocycles. The van der Waals surface area contributed by atoms with Crippen LogP contribution in [0.3, 0.4) is 0 Å². The predicted molar refractivity (Wildman–Crippen MR) is 127 cm³/mol. The highest BCUT2D eigenvalue weighted by molar-refractivity contribution is 5.91. The van der Waals surface area contributed by atoms with E-state index >= 15 is 0 Å². The average Bonchev–Trinajstić information content (AvgIpc) is 3.18. The van der Waals surface area contributed by atoms with Crippen LogP contribution in [-0.2, 0) is 24.2 Å². The molecule has 8 nitrogen and oxygen atoms in total. The molecule has 0 fully saturated rings. The maximum atomic E-state index is 12.5. The van der Waals surface area contributed by atoms with Gasteiger partial charge in [-0.1, -0.05) is 24.3 Å². The first-order valence-electron chi connectivity index (χ1n) is 11.0. The third kappa shape index (κ3) is 7.06. The summed E-state index contributed by atoms with van der Waals surface area (Å²) >= 11 is 0. The van der Waals surface area contributed by atoms with Gasteiger partial charge in [0.25, 0.3) is 0 Å². The third-order valence-corrected chi connectivity index (χ3v) is 5.37. The van der Waals surface area contributed by atoms with Gasteiger partial charge in [-0.05, 0) is 56.0 Å². The molecule has 0 saturated heterocycles. The number of aliphatic hydroxyl groups is 1. The second-order valence-corrected chi connectivity index (χ2v) is 8.82. The van der Waals surface area contributed by atoms with E-state index in [1.54, 1.807) is 16.9 Å². The van der Waals surface area contributed by atoms with Crippen LogP contribution < -0.4 is 10.6 Å². The van der Waals surface area contributed by atoms with Gasteiger partial charge in [0.2, 0.25) is 5.91 Å². The fourth-order valence-corrected chi connectivity index (χ4v) is 3.79. The summed E-state index contributed by atoms with van der Waals surface area (Å²) in [6.07, 6.45) is 1.72. The highest BCUT2D eigenvalue weighted by Gasteiger charge is 2.21. The van der Waals surface area contributed by atoms with Gasteiger partial charge in [0.15, 0.2) is 0 Å². The largest absolute Gasteiger partial charge is 0.508 e. The number of rotatable bonds is 10. The smallest absolute Gasteiger partial charge is 0.229 e. The predicted octanol–water partition coefficient (Wildman–Crippen LogP) is 3.14. The fraction of sp³-hybridized carbons (Fsp3) is 0.360. The Balaban J connectivity index is 1.57. The van der Waals surface area contributed by atoms with Crippen molar-refractivity contribution in [2.24, 2.45) is 0 Å². The Morgan fingerprint density at radius 1 is 1.09 bits per heavy atom. The van der Waals surface area contributed by atoms with Gasteiger partial charge in [0.05, 0.1) is 18.7 Å². The molecule has 3 aromatic rings. The van der Waals surface area contributed by atoms with Gasteiger partial charge >= 0.3 is 0 Å². The number of carbonyl (C=O) groups is 1. The van der Waals surface area contributed by atoms with Crippen LogP contribution in [0, 0.1) is 0 Å². The first kappa shape index (κ1) is 24.3. The highest BCUT2D eigenvalue weighted by Crippen LogP contribution is 2.25. The summed E-state index contributed by atoms with van der Waals surface area (Å²) in [7, 11) is 0. The van der Waals surface area contributed by atoms with Crippen LogP contribution in [0.4, 0.5) is 5.82 Å². The Hall–Kier alpha value is -3.36. The molecule has 0 saturated carbocycles. The number of aliphatic hydroxyl groups excluding tert-OH is 1. The topological polar surface area (TPSA) is 120 Å². The molecule has 176 valence electrons. The minimum atomic E-state index is -0.881. The number of amides is 1. The Labute approximate surface area is 193 Å². The number of β-amino-alcohol motifs (C(OH)–C–C–N with tert-alkyl or cyclic N) is 1. The SMILES string of the molecule is CCn1nccc1NC(=O)Cc1cccc(CC(C)(C)NCC(O)c2cc(O)cc(O)c2)c1. The maximum Gasteiger partial charge on any atom is 0.229 e. The number of benzene rings is 2. The third-order valence-electron chi connectivity index (χ3n) is 5.37. The summed E-state index contributed by atoms with van der Waals surface area (Å²) in [5.41, 5.74) is 2.08. The normalized spacial score (nSPS) is 12.5. The molecule has 33 heavy (non-hydrogen) atoms. The molecule has 1 aromatic heterocycles. The average molecular weight is 453 g/mol. The van der Waals surface area contributed by atoms with Crippen LogP contribution in [-0.4, -0.2) is 43.1 Å². The quantitative estimate of drug-likeness (QED) is 0.322. The van der Waals surface area contributed by atoms with E-state index < -0.39 is 6.10 Å². The minimum Gasteiger partial charge on any atom is -0.508 e. The number of hydrogen-bond donors (Lipinski definition) is 5. The molecular weight excluding hydrogens is 420 g/mol. The Morgan fingerprint density at radius 2 is 1.79 bits per heavy atom. The van der Waals surface area contributed by atoms with Crippen molar-refractivity contribution < 1.29 is 20.1 Å². The lowest BCUT2D eigenvalue weighted by molar-refractivity contribution is -0.115. The number of nitrogens with one attached hydrogen (secondary N) is 2. The summed E-state index contributed by atoms with van der Waals surface area (Å²) in [5, 5.41) is 40.1.